The Morgan fingerprint density at radius 3 is 2.72 bits per heavy atom. The van der Waals surface area contributed by atoms with Gasteiger partial charge in [-0.3, -0.25) is 4.79 Å². The zero-order chi connectivity index (χ0) is 20.5. The minimum Gasteiger partial charge on any atom is -0.350 e. The molecule has 1 aliphatic heterocycles. The maximum atomic E-state index is 12.9. The molecule has 7 heteroatoms. The van der Waals surface area contributed by atoms with Crippen LogP contribution in [0.3, 0.4) is 0 Å². The van der Waals surface area contributed by atoms with E-state index < -0.39 is 6.04 Å². The third kappa shape index (κ3) is 4.09. The Labute approximate surface area is 177 Å². The average molecular weight is 414 g/mol. The summed E-state index contributed by atoms with van der Waals surface area (Å²) in [6, 6.07) is 7.15. The van der Waals surface area contributed by atoms with E-state index in [-0.39, 0.29) is 11.9 Å². The molecule has 0 bridgehead atoms. The van der Waals surface area contributed by atoms with Crippen LogP contribution in [0.5, 0.6) is 0 Å². The molecule has 1 aliphatic carbocycles. The van der Waals surface area contributed by atoms with Gasteiger partial charge in [0, 0.05) is 42.0 Å². The molecular formula is C22H28ClN5O. The number of amides is 1. The van der Waals surface area contributed by atoms with E-state index in [0.717, 1.165) is 30.8 Å². The van der Waals surface area contributed by atoms with E-state index in [4.69, 9.17) is 17.3 Å². The minimum absolute atomic E-state index is 0.00716. The van der Waals surface area contributed by atoms with Gasteiger partial charge in [-0.05, 0) is 49.8 Å². The molecule has 4 rings (SSSR count). The number of aryl methyl sites for hydroxylation is 1. The van der Waals surface area contributed by atoms with E-state index in [1.54, 1.807) is 6.33 Å². The molecular weight excluding hydrogens is 386 g/mol. The number of hydrogen-bond donors (Lipinski definition) is 1. The molecule has 154 valence electrons. The third-order valence-corrected chi connectivity index (χ3v) is 6.40. The zero-order valence-electron chi connectivity index (χ0n) is 17.0. The second-order valence-electron chi connectivity index (χ2n) is 8.26. The van der Waals surface area contributed by atoms with Crippen LogP contribution in [0.4, 0.5) is 5.82 Å². The topological polar surface area (TPSA) is 75.4 Å². The fourth-order valence-electron chi connectivity index (χ4n) is 4.52. The number of aromatic nitrogens is 2. The normalized spacial score (nSPS) is 22.5. The molecule has 2 aliphatic rings. The van der Waals surface area contributed by atoms with Gasteiger partial charge in [0.25, 0.3) is 0 Å². The summed E-state index contributed by atoms with van der Waals surface area (Å²) in [5.41, 5.74) is 9.73. The zero-order valence-corrected chi connectivity index (χ0v) is 17.8. The van der Waals surface area contributed by atoms with Gasteiger partial charge in [-0.25, -0.2) is 9.97 Å². The summed E-state index contributed by atoms with van der Waals surface area (Å²) < 4.78 is 0. The summed E-state index contributed by atoms with van der Waals surface area (Å²) in [6.45, 7) is 6.47. The third-order valence-electron chi connectivity index (χ3n) is 6.15. The maximum absolute atomic E-state index is 12.9. The van der Waals surface area contributed by atoms with E-state index >= 15 is 0 Å². The van der Waals surface area contributed by atoms with Gasteiger partial charge in [0.2, 0.25) is 5.91 Å². The Kier molecular flexibility index (Phi) is 5.74. The van der Waals surface area contributed by atoms with Gasteiger partial charge in [-0.2, -0.15) is 0 Å². The number of piperazine rings is 1. The molecule has 6 nitrogen and oxygen atoms in total. The summed E-state index contributed by atoms with van der Waals surface area (Å²) in [4.78, 5) is 26.2. The first-order chi connectivity index (χ1) is 13.9. The lowest BCUT2D eigenvalue weighted by Crippen LogP contribution is -2.57. The number of fused-ring (bicyclic) bond motifs is 1. The predicted octanol–water partition coefficient (Wildman–Crippen LogP) is 2.79. The SMILES string of the molecule is CC1CCc2ncnc(N3CCN(C(=O)C(N)Cc4ccc(Cl)cc4)CC3C)c21. The summed E-state index contributed by atoms with van der Waals surface area (Å²) >= 11 is 5.94. The number of rotatable bonds is 4. The summed E-state index contributed by atoms with van der Waals surface area (Å²) in [5.74, 6) is 1.54. The summed E-state index contributed by atoms with van der Waals surface area (Å²) in [6.07, 6.45) is 4.35. The molecule has 0 saturated carbocycles. The van der Waals surface area contributed by atoms with Crippen molar-refractivity contribution in [1.82, 2.24) is 14.9 Å². The van der Waals surface area contributed by atoms with Gasteiger partial charge in [-0.15, -0.1) is 0 Å². The quantitative estimate of drug-likeness (QED) is 0.834. The number of carbonyl (C=O) groups excluding carboxylic acids is 1. The van der Waals surface area contributed by atoms with Crippen LogP contribution in [0.2, 0.25) is 5.02 Å². The Morgan fingerprint density at radius 2 is 2.00 bits per heavy atom. The molecule has 3 atom stereocenters. The monoisotopic (exact) mass is 413 g/mol. The van der Waals surface area contributed by atoms with Crippen LogP contribution < -0.4 is 10.6 Å². The molecule has 2 N–H and O–H groups in total. The Balaban J connectivity index is 1.42. The van der Waals surface area contributed by atoms with Gasteiger partial charge in [0.1, 0.15) is 12.1 Å². The molecule has 29 heavy (non-hydrogen) atoms. The van der Waals surface area contributed by atoms with Gasteiger partial charge in [0.05, 0.1) is 6.04 Å². The lowest BCUT2D eigenvalue weighted by molar-refractivity contribution is -0.133. The van der Waals surface area contributed by atoms with Crippen molar-refractivity contribution in [2.24, 2.45) is 5.73 Å². The second-order valence-corrected chi connectivity index (χ2v) is 8.70. The Bertz CT molecular complexity index is 887. The number of nitrogens with two attached hydrogens (primary N) is 1. The highest BCUT2D eigenvalue weighted by molar-refractivity contribution is 6.30. The summed E-state index contributed by atoms with van der Waals surface area (Å²) in [7, 11) is 0. The molecule has 0 spiro atoms. The fourth-order valence-corrected chi connectivity index (χ4v) is 4.65. The standard InChI is InChI=1S/C22H28ClN5O/c1-14-3-8-19-20(14)21(26-13-25-19)28-10-9-27(12-15(28)2)22(29)18(24)11-16-4-6-17(23)7-5-16/h4-7,13-15,18H,3,8-12,24H2,1-2H3. The molecule has 2 aromatic rings. The maximum Gasteiger partial charge on any atom is 0.239 e. The van der Waals surface area contributed by atoms with Crippen LogP contribution >= 0.6 is 11.6 Å². The lowest BCUT2D eigenvalue weighted by atomic mass is 10.0. The average Bonchev–Trinajstić information content (AvgIpc) is 3.10. The smallest absolute Gasteiger partial charge is 0.239 e. The molecule has 1 fully saturated rings. The first-order valence-corrected chi connectivity index (χ1v) is 10.7. The van der Waals surface area contributed by atoms with Crippen molar-refractivity contribution in [3.8, 4) is 0 Å². The van der Waals surface area contributed by atoms with Crippen molar-refractivity contribution in [3.05, 3.63) is 52.4 Å². The summed E-state index contributed by atoms with van der Waals surface area (Å²) in [5, 5.41) is 0.684. The van der Waals surface area contributed by atoms with Crippen molar-refractivity contribution < 1.29 is 4.79 Å². The van der Waals surface area contributed by atoms with Crippen LogP contribution in [0.25, 0.3) is 0 Å². The van der Waals surface area contributed by atoms with Gasteiger partial charge in [-0.1, -0.05) is 30.7 Å². The van der Waals surface area contributed by atoms with Crippen LogP contribution in [0, 0.1) is 0 Å². The predicted molar refractivity (Wildman–Crippen MR) is 115 cm³/mol. The lowest BCUT2D eigenvalue weighted by Gasteiger charge is -2.42. The van der Waals surface area contributed by atoms with E-state index in [0.29, 0.717) is 30.5 Å². The molecule has 1 saturated heterocycles. The van der Waals surface area contributed by atoms with Crippen LogP contribution in [0.1, 0.15) is 43.0 Å². The highest BCUT2D eigenvalue weighted by Crippen LogP contribution is 2.38. The molecule has 1 amide bonds. The van der Waals surface area contributed by atoms with Crippen LogP contribution in [-0.4, -0.2) is 52.5 Å². The number of hydrogen-bond acceptors (Lipinski definition) is 5. The first-order valence-electron chi connectivity index (χ1n) is 10.3. The minimum atomic E-state index is -0.543. The van der Waals surface area contributed by atoms with Crippen LogP contribution in [0.15, 0.2) is 30.6 Å². The van der Waals surface area contributed by atoms with Gasteiger partial charge < -0.3 is 15.5 Å². The van der Waals surface area contributed by atoms with Gasteiger partial charge in [0.15, 0.2) is 0 Å². The first kappa shape index (κ1) is 20.1. The fraction of sp³-hybridized carbons (Fsp3) is 0.500. The number of halogens is 1. The number of anilines is 1. The number of benzene rings is 1. The second kappa shape index (κ2) is 8.28. The van der Waals surface area contributed by atoms with E-state index in [9.17, 15) is 4.79 Å². The van der Waals surface area contributed by atoms with Crippen molar-refractivity contribution in [2.75, 3.05) is 24.5 Å². The molecule has 3 unspecified atom stereocenters. The van der Waals surface area contributed by atoms with E-state index in [2.05, 4.69) is 28.7 Å². The van der Waals surface area contributed by atoms with Crippen molar-refractivity contribution in [1.29, 1.82) is 0 Å². The van der Waals surface area contributed by atoms with Crippen molar-refractivity contribution in [3.63, 3.8) is 0 Å². The highest BCUT2D eigenvalue weighted by Gasteiger charge is 2.33. The van der Waals surface area contributed by atoms with E-state index in [1.165, 1.54) is 11.3 Å². The number of carbonyl (C=O) groups is 1. The molecule has 1 aromatic carbocycles. The van der Waals surface area contributed by atoms with Gasteiger partial charge >= 0.3 is 0 Å². The van der Waals surface area contributed by atoms with E-state index in [1.807, 2.05) is 29.2 Å². The largest absolute Gasteiger partial charge is 0.350 e. The Hall–Kier alpha value is -2.18. The van der Waals surface area contributed by atoms with Crippen molar-refractivity contribution >= 4 is 23.3 Å². The Morgan fingerprint density at radius 1 is 1.24 bits per heavy atom. The van der Waals surface area contributed by atoms with Crippen LogP contribution in [-0.2, 0) is 17.6 Å². The molecule has 0 radical (unpaired) electrons. The van der Waals surface area contributed by atoms with Crippen molar-refractivity contribution in [2.45, 2.75) is 51.1 Å². The molecule has 2 heterocycles. The number of nitrogens with zero attached hydrogens (tertiary/aromatic N) is 4. The highest BCUT2D eigenvalue weighted by atomic mass is 35.5. The molecule has 1 aromatic heterocycles.